The zero-order chi connectivity index (χ0) is 12.0. The maximum atomic E-state index is 11.6. The molecule has 2 N–H and O–H groups in total. The SMILES string of the molecule is CCOC(C)(C)CNC(=O)NC1CCCC1. The fourth-order valence-electron chi connectivity index (χ4n) is 2.04. The molecule has 2 amide bonds. The van der Waals surface area contributed by atoms with Crippen LogP contribution in [0.3, 0.4) is 0 Å². The van der Waals surface area contributed by atoms with Gasteiger partial charge in [-0.2, -0.15) is 0 Å². The first kappa shape index (κ1) is 13.3. The number of carbonyl (C=O) groups excluding carboxylic acids is 1. The van der Waals surface area contributed by atoms with Crippen LogP contribution in [0.4, 0.5) is 4.79 Å². The molecule has 1 rings (SSSR count). The molecular weight excluding hydrogens is 204 g/mol. The van der Waals surface area contributed by atoms with Crippen LogP contribution in [0.25, 0.3) is 0 Å². The van der Waals surface area contributed by atoms with Crippen molar-refractivity contribution >= 4 is 6.03 Å². The number of hydrogen-bond donors (Lipinski definition) is 2. The van der Waals surface area contributed by atoms with Gasteiger partial charge in [-0.1, -0.05) is 12.8 Å². The van der Waals surface area contributed by atoms with Gasteiger partial charge in [0.05, 0.1) is 5.60 Å². The predicted octanol–water partition coefficient (Wildman–Crippen LogP) is 2.04. The molecule has 0 aromatic rings. The van der Waals surface area contributed by atoms with Crippen LogP contribution < -0.4 is 10.6 Å². The second-order valence-electron chi connectivity index (χ2n) is 5.00. The third kappa shape index (κ3) is 4.84. The summed E-state index contributed by atoms with van der Waals surface area (Å²) in [5, 5.41) is 5.85. The van der Waals surface area contributed by atoms with Crippen molar-refractivity contribution in [3.05, 3.63) is 0 Å². The highest BCUT2D eigenvalue weighted by atomic mass is 16.5. The molecule has 0 spiro atoms. The number of carbonyl (C=O) groups is 1. The summed E-state index contributed by atoms with van der Waals surface area (Å²) >= 11 is 0. The number of rotatable bonds is 5. The molecule has 0 atom stereocenters. The highest BCUT2D eigenvalue weighted by molar-refractivity contribution is 5.74. The van der Waals surface area contributed by atoms with Crippen molar-refractivity contribution in [2.45, 2.75) is 58.1 Å². The summed E-state index contributed by atoms with van der Waals surface area (Å²) in [5.74, 6) is 0. The molecule has 0 saturated heterocycles. The molecule has 0 aromatic heterocycles. The van der Waals surface area contributed by atoms with Gasteiger partial charge in [0.2, 0.25) is 0 Å². The molecule has 0 aliphatic heterocycles. The van der Waals surface area contributed by atoms with E-state index >= 15 is 0 Å². The molecule has 0 radical (unpaired) electrons. The second-order valence-corrected chi connectivity index (χ2v) is 5.00. The highest BCUT2D eigenvalue weighted by Gasteiger charge is 2.20. The lowest BCUT2D eigenvalue weighted by atomic mass is 10.1. The van der Waals surface area contributed by atoms with Crippen molar-refractivity contribution in [3.63, 3.8) is 0 Å². The summed E-state index contributed by atoms with van der Waals surface area (Å²) in [4.78, 5) is 11.6. The minimum absolute atomic E-state index is 0.0697. The first-order chi connectivity index (χ1) is 7.53. The van der Waals surface area contributed by atoms with Crippen molar-refractivity contribution in [1.82, 2.24) is 10.6 Å². The molecule has 1 fully saturated rings. The van der Waals surface area contributed by atoms with Crippen LogP contribution in [-0.2, 0) is 4.74 Å². The van der Waals surface area contributed by atoms with E-state index in [0.29, 0.717) is 19.2 Å². The molecule has 0 heterocycles. The monoisotopic (exact) mass is 228 g/mol. The van der Waals surface area contributed by atoms with E-state index in [0.717, 1.165) is 12.8 Å². The van der Waals surface area contributed by atoms with Crippen LogP contribution in [0.15, 0.2) is 0 Å². The van der Waals surface area contributed by atoms with Gasteiger partial charge in [-0.3, -0.25) is 0 Å². The van der Waals surface area contributed by atoms with Gasteiger partial charge in [-0.05, 0) is 33.6 Å². The molecule has 4 nitrogen and oxygen atoms in total. The topological polar surface area (TPSA) is 50.4 Å². The number of ether oxygens (including phenoxy) is 1. The molecule has 16 heavy (non-hydrogen) atoms. The average molecular weight is 228 g/mol. The van der Waals surface area contributed by atoms with Gasteiger partial charge in [0.25, 0.3) is 0 Å². The normalized spacial score (nSPS) is 17.4. The summed E-state index contributed by atoms with van der Waals surface area (Å²) in [5.41, 5.74) is -0.290. The average Bonchev–Trinajstić information content (AvgIpc) is 2.68. The Kier molecular flexibility index (Phi) is 5.06. The Bertz CT molecular complexity index is 223. The quantitative estimate of drug-likeness (QED) is 0.756. The van der Waals surface area contributed by atoms with Crippen LogP contribution >= 0.6 is 0 Å². The Balaban J connectivity index is 2.18. The third-order valence-corrected chi connectivity index (χ3v) is 2.90. The minimum Gasteiger partial charge on any atom is -0.374 e. The van der Waals surface area contributed by atoms with Crippen molar-refractivity contribution in [2.24, 2.45) is 0 Å². The molecule has 0 bridgehead atoms. The van der Waals surface area contributed by atoms with Crippen LogP contribution in [0.2, 0.25) is 0 Å². The van der Waals surface area contributed by atoms with E-state index < -0.39 is 0 Å². The maximum absolute atomic E-state index is 11.6. The maximum Gasteiger partial charge on any atom is 0.315 e. The van der Waals surface area contributed by atoms with E-state index in [9.17, 15) is 4.79 Å². The van der Waals surface area contributed by atoms with E-state index in [1.807, 2.05) is 20.8 Å². The van der Waals surface area contributed by atoms with Crippen molar-refractivity contribution in [3.8, 4) is 0 Å². The van der Waals surface area contributed by atoms with Gasteiger partial charge in [0.15, 0.2) is 0 Å². The van der Waals surface area contributed by atoms with Crippen LogP contribution in [0, 0.1) is 0 Å². The summed E-state index contributed by atoms with van der Waals surface area (Å²) < 4.78 is 5.51. The lowest BCUT2D eigenvalue weighted by Crippen LogP contribution is -2.47. The Labute approximate surface area is 98.1 Å². The number of nitrogens with one attached hydrogen (secondary N) is 2. The first-order valence-electron chi connectivity index (χ1n) is 6.22. The van der Waals surface area contributed by atoms with E-state index in [1.54, 1.807) is 0 Å². The lowest BCUT2D eigenvalue weighted by molar-refractivity contribution is -0.00694. The summed E-state index contributed by atoms with van der Waals surface area (Å²) in [7, 11) is 0. The summed E-state index contributed by atoms with van der Waals surface area (Å²) in [6, 6.07) is 0.301. The number of hydrogen-bond acceptors (Lipinski definition) is 2. The molecule has 94 valence electrons. The molecule has 1 aliphatic rings. The van der Waals surface area contributed by atoms with Crippen LogP contribution in [-0.4, -0.2) is 30.8 Å². The number of urea groups is 1. The molecular formula is C12H24N2O2. The number of amides is 2. The Morgan fingerprint density at radius 3 is 2.56 bits per heavy atom. The molecule has 1 aliphatic carbocycles. The van der Waals surface area contributed by atoms with E-state index in [2.05, 4.69) is 10.6 Å². The zero-order valence-electron chi connectivity index (χ0n) is 10.6. The molecule has 4 heteroatoms. The van der Waals surface area contributed by atoms with Gasteiger partial charge in [0, 0.05) is 19.2 Å². The van der Waals surface area contributed by atoms with Crippen molar-refractivity contribution in [1.29, 1.82) is 0 Å². The van der Waals surface area contributed by atoms with Crippen LogP contribution in [0.1, 0.15) is 46.5 Å². The smallest absolute Gasteiger partial charge is 0.315 e. The van der Waals surface area contributed by atoms with Gasteiger partial charge in [-0.15, -0.1) is 0 Å². The summed E-state index contributed by atoms with van der Waals surface area (Å²) in [6.07, 6.45) is 4.69. The first-order valence-corrected chi connectivity index (χ1v) is 6.22. The highest BCUT2D eigenvalue weighted by Crippen LogP contribution is 2.17. The van der Waals surface area contributed by atoms with E-state index in [1.165, 1.54) is 12.8 Å². The predicted molar refractivity (Wildman–Crippen MR) is 64.5 cm³/mol. The van der Waals surface area contributed by atoms with E-state index in [4.69, 9.17) is 4.74 Å². The fourth-order valence-corrected chi connectivity index (χ4v) is 2.04. The zero-order valence-corrected chi connectivity index (χ0v) is 10.6. The lowest BCUT2D eigenvalue weighted by Gasteiger charge is -2.25. The Hall–Kier alpha value is -0.770. The standard InChI is InChI=1S/C12H24N2O2/c1-4-16-12(2,3)9-13-11(15)14-10-7-5-6-8-10/h10H,4-9H2,1-3H3,(H2,13,14,15). The molecule has 1 saturated carbocycles. The van der Waals surface area contributed by atoms with Crippen LogP contribution in [0.5, 0.6) is 0 Å². The molecule has 0 unspecified atom stereocenters. The largest absolute Gasteiger partial charge is 0.374 e. The van der Waals surface area contributed by atoms with Gasteiger partial charge in [-0.25, -0.2) is 4.79 Å². The Morgan fingerprint density at radius 2 is 2.00 bits per heavy atom. The van der Waals surface area contributed by atoms with Gasteiger partial charge in [0.1, 0.15) is 0 Å². The summed E-state index contributed by atoms with van der Waals surface area (Å²) in [6.45, 7) is 7.12. The Morgan fingerprint density at radius 1 is 1.38 bits per heavy atom. The van der Waals surface area contributed by atoms with Gasteiger partial charge < -0.3 is 15.4 Å². The van der Waals surface area contributed by atoms with Crippen molar-refractivity contribution in [2.75, 3.05) is 13.2 Å². The van der Waals surface area contributed by atoms with Crippen molar-refractivity contribution < 1.29 is 9.53 Å². The second kappa shape index (κ2) is 6.09. The third-order valence-electron chi connectivity index (χ3n) is 2.90. The fraction of sp³-hybridized carbons (Fsp3) is 0.917. The molecule has 0 aromatic carbocycles. The van der Waals surface area contributed by atoms with Gasteiger partial charge >= 0.3 is 6.03 Å². The van der Waals surface area contributed by atoms with E-state index in [-0.39, 0.29) is 11.6 Å². The minimum atomic E-state index is -0.290.